The second kappa shape index (κ2) is 6.63. The van der Waals surface area contributed by atoms with E-state index in [0.717, 1.165) is 18.4 Å². The Labute approximate surface area is 118 Å². The Kier molecular flexibility index (Phi) is 5.46. The molecule has 0 bridgehead atoms. The first kappa shape index (κ1) is 14.0. The molecule has 1 aliphatic carbocycles. The molecule has 1 fully saturated rings. The fourth-order valence-electron chi connectivity index (χ4n) is 1.46. The highest BCUT2D eigenvalue weighted by molar-refractivity contribution is 14.0. The topological polar surface area (TPSA) is 86.5 Å². The highest BCUT2D eigenvalue weighted by Crippen LogP contribution is 2.24. The third-order valence-corrected chi connectivity index (χ3v) is 2.58. The number of rotatable bonds is 4. The summed E-state index contributed by atoms with van der Waals surface area (Å²) in [4.78, 5) is 8.09. The zero-order chi connectivity index (χ0) is 11.4. The third kappa shape index (κ3) is 4.37. The van der Waals surface area contributed by atoms with Crippen molar-refractivity contribution in [3.63, 3.8) is 0 Å². The molecule has 6 heteroatoms. The molecule has 4 N–H and O–H groups in total. The van der Waals surface area contributed by atoms with Gasteiger partial charge >= 0.3 is 0 Å². The summed E-state index contributed by atoms with van der Waals surface area (Å²) in [6.07, 6.45) is 5.55. The van der Waals surface area contributed by atoms with Crippen molar-refractivity contribution >= 4 is 29.9 Å². The van der Waals surface area contributed by atoms with Gasteiger partial charge in [0.1, 0.15) is 6.10 Å². The second-order valence-electron chi connectivity index (χ2n) is 3.91. The van der Waals surface area contributed by atoms with Gasteiger partial charge in [-0.15, -0.1) is 24.0 Å². The molecule has 0 atom stereocenters. The van der Waals surface area contributed by atoms with Crippen LogP contribution >= 0.6 is 24.0 Å². The highest BCUT2D eigenvalue weighted by Gasteiger charge is 2.19. The van der Waals surface area contributed by atoms with Crippen molar-refractivity contribution in [2.45, 2.75) is 31.9 Å². The van der Waals surface area contributed by atoms with Crippen LogP contribution < -0.4 is 16.2 Å². The molecule has 0 amide bonds. The Morgan fingerprint density at radius 2 is 2.24 bits per heavy atom. The quantitative estimate of drug-likeness (QED) is 0.489. The number of aliphatic imine (C=N–C) groups is 1. The van der Waals surface area contributed by atoms with Gasteiger partial charge in [0.2, 0.25) is 5.88 Å². The van der Waals surface area contributed by atoms with E-state index in [-0.39, 0.29) is 29.9 Å². The van der Waals surface area contributed by atoms with Crippen LogP contribution in [0.3, 0.4) is 0 Å². The molecule has 2 rings (SSSR count). The van der Waals surface area contributed by atoms with Crippen molar-refractivity contribution in [1.29, 1.82) is 0 Å². The van der Waals surface area contributed by atoms with Crippen LogP contribution in [0.5, 0.6) is 5.88 Å². The molecule has 94 valence electrons. The van der Waals surface area contributed by atoms with Crippen molar-refractivity contribution in [1.82, 2.24) is 4.98 Å². The predicted octanol–water partition coefficient (Wildman–Crippen LogP) is 1.40. The molecule has 0 saturated heterocycles. The number of halogens is 1. The maximum absolute atomic E-state index is 5.68. The summed E-state index contributed by atoms with van der Waals surface area (Å²) in [5.41, 5.74) is 11.5. The van der Waals surface area contributed by atoms with Crippen LogP contribution in [-0.4, -0.2) is 17.0 Å². The molecule has 1 aromatic heterocycles. The Balaban J connectivity index is 0.00000144. The molecular weight excluding hydrogens is 331 g/mol. The van der Waals surface area contributed by atoms with Gasteiger partial charge in [0.25, 0.3) is 0 Å². The molecule has 0 unspecified atom stereocenters. The summed E-state index contributed by atoms with van der Waals surface area (Å²) in [5.74, 6) is 0.756. The number of ether oxygens (including phenoxy) is 1. The standard InChI is InChI=1S/C11H16N4O.HI/c12-11(13)15-7-8-4-5-14-10(6-8)16-9-2-1-3-9;/h4-6,9H,1-3,7H2,(H4,12,13,15);1H. The Morgan fingerprint density at radius 3 is 2.82 bits per heavy atom. The Hall–Kier alpha value is -1.05. The molecular formula is C11H17IN4O. The number of aromatic nitrogens is 1. The molecule has 17 heavy (non-hydrogen) atoms. The van der Waals surface area contributed by atoms with E-state index < -0.39 is 0 Å². The highest BCUT2D eigenvalue weighted by atomic mass is 127. The number of hydrogen-bond donors (Lipinski definition) is 2. The van der Waals surface area contributed by atoms with Crippen molar-refractivity contribution in [2.75, 3.05) is 0 Å². The normalized spacial score (nSPS) is 14.4. The summed E-state index contributed by atoms with van der Waals surface area (Å²) in [6, 6.07) is 3.75. The Bertz CT molecular complexity index is 389. The van der Waals surface area contributed by atoms with Gasteiger partial charge in [0, 0.05) is 12.3 Å². The lowest BCUT2D eigenvalue weighted by Crippen LogP contribution is -2.25. The minimum Gasteiger partial charge on any atom is -0.474 e. The van der Waals surface area contributed by atoms with E-state index in [1.807, 2.05) is 12.1 Å². The summed E-state index contributed by atoms with van der Waals surface area (Å²) < 4.78 is 5.68. The molecule has 1 aromatic rings. The lowest BCUT2D eigenvalue weighted by Gasteiger charge is -2.25. The maximum atomic E-state index is 5.68. The zero-order valence-corrected chi connectivity index (χ0v) is 11.8. The summed E-state index contributed by atoms with van der Waals surface area (Å²) >= 11 is 0. The van der Waals surface area contributed by atoms with Gasteiger partial charge in [0.05, 0.1) is 6.54 Å². The lowest BCUT2D eigenvalue weighted by molar-refractivity contribution is 0.114. The first-order valence-corrected chi connectivity index (χ1v) is 5.41. The van der Waals surface area contributed by atoms with Gasteiger partial charge in [-0.25, -0.2) is 9.98 Å². The largest absolute Gasteiger partial charge is 0.474 e. The number of nitrogens with two attached hydrogens (primary N) is 2. The number of guanidine groups is 1. The smallest absolute Gasteiger partial charge is 0.213 e. The second-order valence-corrected chi connectivity index (χ2v) is 3.91. The molecule has 1 heterocycles. The van der Waals surface area contributed by atoms with Crippen LogP contribution in [-0.2, 0) is 6.54 Å². The average Bonchev–Trinajstić information content (AvgIpc) is 2.21. The average molecular weight is 348 g/mol. The number of pyridine rings is 1. The summed E-state index contributed by atoms with van der Waals surface area (Å²) in [6.45, 7) is 0.464. The van der Waals surface area contributed by atoms with E-state index in [0.29, 0.717) is 18.5 Å². The SMILES string of the molecule is I.NC(N)=NCc1ccnc(OC2CCC2)c1. The van der Waals surface area contributed by atoms with E-state index >= 15 is 0 Å². The zero-order valence-electron chi connectivity index (χ0n) is 9.50. The van der Waals surface area contributed by atoms with Crippen LogP contribution in [0, 0.1) is 0 Å². The first-order chi connectivity index (χ1) is 7.74. The minimum atomic E-state index is 0. The summed E-state index contributed by atoms with van der Waals surface area (Å²) in [7, 11) is 0. The van der Waals surface area contributed by atoms with Crippen molar-refractivity contribution < 1.29 is 4.74 Å². The first-order valence-electron chi connectivity index (χ1n) is 5.41. The van der Waals surface area contributed by atoms with Crippen molar-refractivity contribution in [3.05, 3.63) is 23.9 Å². The van der Waals surface area contributed by atoms with Gasteiger partial charge < -0.3 is 16.2 Å². The van der Waals surface area contributed by atoms with Crippen LogP contribution in [0.1, 0.15) is 24.8 Å². The van der Waals surface area contributed by atoms with E-state index in [1.54, 1.807) is 6.20 Å². The van der Waals surface area contributed by atoms with E-state index in [9.17, 15) is 0 Å². The van der Waals surface area contributed by atoms with Gasteiger partial charge in [-0.3, -0.25) is 0 Å². The van der Waals surface area contributed by atoms with Gasteiger partial charge in [-0.2, -0.15) is 0 Å². The predicted molar refractivity (Wildman–Crippen MR) is 77.4 cm³/mol. The monoisotopic (exact) mass is 348 g/mol. The fraction of sp³-hybridized carbons (Fsp3) is 0.455. The number of nitrogens with zero attached hydrogens (tertiary/aromatic N) is 2. The molecule has 0 radical (unpaired) electrons. The molecule has 1 aliphatic rings. The van der Waals surface area contributed by atoms with E-state index in [2.05, 4.69) is 9.98 Å². The molecule has 0 aromatic carbocycles. The van der Waals surface area contributed by atoms with E-state index in [4.69, 9.17) is 16.2 Å². The molecule has 5 nitrogen and oxygen atoms in total. The van der Waals surface area contributed by atoms with Crippen molar-refractivity contribution in [2.24, 2.45) is 16.5 Å². The van der Waals surface area contributed by atoms with Crippen LogP contribution in [0.15, 0.2) is 23.3 Å². The van der Waals surface area contributed by atoms with E-state index in [1.165, 1.54) is 6.42 Å². The summed E-state index contributed by atoms with van der Waals surface area (Å²) in [5, 5.41) is 0. The van der Waals surface area contributed by atoms with Crippen molar-refractivity contribution in [3.8, 4) is 5.88 Å². The third-order valence-electron chi connectivity index (χ3n) is 2.58. The van der Waals surface area contributed by atoms with Gasteiger partial charge in [0.15, 0.2) is 5.96 Å². The molecule has 0 spiro atoms. The van der Waals surface area contributed by atoms with Gasteiger partial charge in [-0.1, -0.05) is 0 Å². The molecule has 1 saturated carbocycles. The molecule has 0 aliphatic heterocycles. The fourth-order valence-corrected chi connectivity index (χ4v) is 1.46. The minimum absolute atomic E-state index is 0. The maximum Gasteiger partial charge on any atom is 0.213 e. The van der Waals surface area contributed by atoms with Crippen LogP contribution in [0.4, 0.5) is 0 Å². The van der Waals surface area contributed by atoms with Crippen LogP contribution in [0.2, 0.25) is 0 Å². The van der Waals surface area contributed by atoms with Gasteiger partial charge in [-0.05, 0) is 30.9 Å². The lowest BCUT2D eigenvalue weighted by atomic mass is 9.96. The number of hydrogen-bond acceptors (Lipinski definition) is 3. The Morgan fingerprint density at radius 1 is 1.47 bits per heavy atom. The van der Waals surface area contributed by atoms with Crippen LogP contribution in [0.25, 0.3) is 0 Å².